The third kappa shape index (κ3) is 8.15. The van der Waals surface area contributed by atoms with E-state index in [0.29, 0.717) is 54.5 Å². The van der Waals surface area contributed by atoms with Gasteiger partial charge < -0.3 is 29.6 Å². The summed E-state index contributed by atoms with van der Waals surface area (Å²) < 4.78 is 9.44. The Morgan fingerprint density at radius 1 is 0.684 bits per heavy atom. The van der Waals surface area contributed by atoms with Crippen molar-refractivity contribution in [3.8, 4) is 11.1 Å². The molecule has 0 atom stereocenters. The van der Waals surface area contributed by atoms with Gasteiger partial charge in [0, 0.05) is 101 Å². The van der Waals surface area contributed by atoms with Gasteiger partial charge in [0.1, 0.15) is 0 Å². The molecule has 13 heteroatoms. The van der Waals surface area contributed by atoms with Crippen molar-refractivity contribution in [2.75, 3.05) is 36.9 Å². The van der Waals surface area contributed by atoms with Gasteiger partial charge in [0.2, 0.25) is 0 Å². The van der Waals surface area contributed by atoms with E-state index in [1.54, 1.807) is 0 Å². The molecule has 5 heterocycles. The molecule has 0 spiro atoms. The van der Waals surface area contributed by atoms with Gasteiger partial charge in [-0.3, -0.25) is 24.2 Å². The number of fused-ring (bicyclic) bond motifs is 2. The van der Waals surface area contributed by atoms with Gasteiger partial charge in [-0.25, -0.2) is 9.97 Å². The number of anilines is 2. The van der Waals surface area contributed by atoms with Crippen LogP contribution in [0.4, 0.5) is 11.4 Å². The quantitative estimate of drug-likeness (QED) is 0.182. The predicted octanol–water partition coefficient (Wildman–Crippen LogP) is 6.51. The average Bonchev–Trinajstić information content (AvgIpc) is 3.75. The molecular weight excluding hydrogens is 721 g/mol. The van der Waals surface area contributed by atoms with E-state index in [1.807, 2.05) is 87.3 Å². The first-order chi connectivity index (χ1) is 27.6. The molecule has 57 heavy (non-hydrogen) atoms. The second kappa shape index (κ2) is 17.3. The van der Waals surface area contributed by atoms with Crippen molar-refractivity contribution in [1.82, 2.24) is 28.9 Å². The number of imidazole rings is 2. The number of hydrogen-bond donors (Lipinski definition) is 3. The largest absolute Gasteiger partial charge is 0.481 e. The van der Waals surface area contributed by atoms with Gasteiger partial charge in [-0.2, -0.15) is 0 Å². The van der Waals surface area contributed by atoms with Crippen molar-refractivity contribution < 1.29 is 24.2 Å². The van der Waals surface area contributed by atoms with Crippen LogP contribution in [-0.2, 0) is 49.6 Å². The molecule has 4 aromatic rings. The highest BCUT2D eigenvalue weighted by molar-refractivity contribution is 6.04. The summed E-state index contributed by atoms with van der Waals surface area (Å²) in [5.41, 5.74) is 9.26. The van der Waals surface area contributed by atoms with E-state index in [9.17, 15) is 19.5 Å². The minimum atomic E-state index is -0.690. The highest BCUT2D eigenvalue weighted by Gasteiger charge is 2.34. The Balaban J connectivity index is 0.00000244. The third-order valence-electron chi connectivity index (χ3n) is 12.7. The molecule has 0 bridgehead atoms. The molecule has 2 fully saturated rings. The Labute approximate surface area is 335 Å². The van der Waals surface area contributed by atoms with Gasteiger partial charge >= 0.3 is 5.97 Å². The molecule has 1 saturated heterocycles. The number of hydrogen-bond acceptors (Lipinski definition) is 8. The van der Waals surface area contributed by atoms with E-state index in [-0.39, 0.29) is 17.7 Å². The summed E-state index contributed by atoms with van der Waals surface area (Å²) in [6.07, 6.45) is 6.89. The normalized spacial score (nSPS) is 20.2. The second-order valence-corrected chi connectivity index (χ2v) is 15.8. The molecule has 13 nitrogen and oxygen atoms in total. The lowest BCUT2D eigenvalue weighted by Gasteiger charge is -2.37. The van der Waals surface area contributed by atoms with Crippen LogP contribution in [0.15, 0.2) is 36.4 Å². The molecule has 3 N–H and O–H groups in total. The van der Waals surface area contributed by atoms with E-state index in [0.717, 1.165) is 116 Å². The minimum Gasteiger partial charge on any atom is -0.481 e. The predicted molar refractivity (Wildman–Crippen MR) is 220 cm³/mol. The molecule has 8 rings (SSSR count). The molecule has 2 aromatic heterocycles. The molecule has 304 valence electrons. The van der Waals surface area contributed by atoms with Crippen molar-refractivity contribution in [3.63, 3.8) is 0 Å². The van der Waals surface area contributed by atoms with E-state index in [1.165, 1.54) is 0 Å². The zero-order valence-electron chi connectivity index (χ0n) is 34.4. The topological polar surface area (TPSA) is 147 Å². The molecule has 2 aromatic carbocycles. The summed E-state index contributed by atoms with van der Waals surface area (Å²) >= 11 is 0. The molecule has 0 unspecified atom stereocenters. The smallest absolute Gasteiger partial charge is 0.306 e. The van der Waals surface area contributed by atoms with Crippen LogP contribution in [0.5, 0.6) is 0 Å². The lowest BCUT2D eigenvalue weighted by Crippen LogP contribution is -2.42. The van der Waals surface area contributed by atoms with Crippen molar-refractivity contribution >= 4 is 29.2 Å². The first-order valence-corrected chi connectivity index (χ1v) is 20.8. The monoisotopic (exact) mass is 778 g/mol. The second-order valence-electron chi connectivity index (χ2n) is 15.8. The van der Waals surface area contributed by atoms with Gasteiger partial charge in [-0.1, -0.05) is 38.1 Å². The van der Waals surface area contributed by atoms with Crippen LogP contribution in [0.3, 0.4) is 0 Å². The van der Waals surface area contributed by atoms with E-state index >= 15 is 0 Å². The average molecular weight is 779 g/mol. The molecule has 4 aliphatic rings. The van der Waals surface area contributed by atoms with Crippen LogP contribution in [0.25, 0.3) is 11.1 Å². The number of carbonyl (C=O) groups excluding carboxylic acids is 2. The summed E-state index contributed by atoms with van der Waals surface area (Å²) in [6.45, 7) is 12.8. The summed E-state index contributed by atoms with van der Waals surface area (Å²) in [4.78, 5) is 53.6. The Kier molecular flexibility index (Phi) is 12.3. The summed E-state index contributed by atoms with van der Waals surface area (Å²) in [5.74, 6) is -0.647. The van der Waals surface area contributed by atoms with Gasteiger partial charge in [-0.15, -0.1) is 0 Å². The molecule has 3 aliphatic heterocycles. The molecular formula is C44H58N8O5. The van der Waals surface area contributed by atoms with Gasteiger partial charge in [0.15, 0.2) is 11.6 Å². The maximum absolute atomic E-state index is 13.8. The fourth-order valence-electron chi connectivity index (χ4n) is 9.35. The lowest BCUT2D eigenvalue weighted by molar-refractivity contribution is -0.143. The number of ether oxygens (including phenoxy) is 1. The van der Waals surface area contributed by atoms with Crippen molar-refractivity contribution in [2.45, 2.75) is 104 Å². The SMILES string of the molecule is CC.Cc1c(NC(=O)c2nc3c(n2C)CCN(C2CCOCC2)C3)cccc1-c1cccc(NC(=O)c2nc3c(n2C)CCN(C2CCC(C(=O)O)CC2)C3)c1C. The number of aliphatic carboxylic acids is 1. The molecule has 0 radical (unpaired) electrons. The van der Waals surface area contributed by atoms with E-state index in [2.05, 4.69) is 20.4 Å². The van der Waals surface area contributed by atoms with Crippen molar-refractivity contribution in [1.29, 1.82) is 0 Å². The number of rotatable bonds is 8. The fourth-order valence-corrected chi connectivity index (χ4v) is 9.35. The Morgan fingerprint density at radius 2 is 1.12 bits per heavy atom. The van der Waals surface area contributed by atoms with Crippen LogP contribution < -0.4 is 10.6 Å². The number of aromatic nitrogens is 4. The molecule has 2 amide bonds. The third-order valence-corrected chi connectivity index (χ3v) is 12.7. The summed E-state index contributed by atoms with van der Waals surface area (Å²) in [7, 11) is 3.84. The fraction of sp³-hybridized carbons (Fsp3) is 0.523. The van der Waals surface area contributed by atoms with Gasteiger partial charge in [0.25, 0.3) is 11.8 Å². The number of nitrogens with one attached hydrogen (secondary N) is 2. The Hall–Kier alpha value is -4.85. The maximum atomic E-state index is 13.8. The van der Waals surface area contributed by atoms with Gasteiger partial charge in [0.05, 0.1) is 17.3 Å². The highest BCUT2D eigenvalue weighted by atomic mass is 16.5. The van der Waals surface area contributed by atoms with Crippen molar-refractivity contribution in [3.05, 3.63) is 81.9 Å². The zero-order valence-corrected chi connectivity index (χ0v) is 34.4. The summed E-state index contributed by atoms with van der Waals surface area (Å²) in [5, 5.41) is 15.7. The highest BCUT2D eigenvalue weighted by Crippen LogP contribution is 2.35. The first kappa shape index (κ1) is 40.4. The Morgan fingerprint density at radius 3 is 1.56 bits per heavy atom. The number of carbonyl (C=O) groups is 3. The van der Waals surface area contributed by atoms with Crippen LogP contribution >= 0.6 is 0 Å². The van der Waals surface area contributed by atoms with Crippen LogP contribution in [-0.4, -0.2) is 90.2 Å². The van der Waals surface area contributed by atoms with Crippen LogP contribution in [0.2, 0.25) is 0 Å². The molecule has 1 aliphatic carbocycles. The maximum Gasteiger partial charge on any atom is 0.306 e. The number of benzene rings is 2. The van der Waals surface area contributed by atoms with Crippen LogP contribution in [0, 0.1) is 19.8 Å². The van der Waals surface area contributed by atoms with E-state index in [4.69, 9.17) is 14.7 Å². The Bertz CT molecular complexity index is 2120. The summed E-state index contributed by atoms with van der Waals surface area (Å²) in [6, 6.07) is 12.6. The van der Waals surface area contributed by atoms with E-state index < -0.39 is 5.97 Å². The standard InChI is InChI=1S/C42H52N8O5.C2H6/c1-25-30(7-5-9-32(25)45-40(51)38-43-34-23-49(19-15-36(34)47(38)3)28-13-11-27(12-14-28)42(53)54)31-8-6-10-33(26(31)2)46-41(52)39-44-35-24-50(20-16-37(35)48(39)4)29-17-21-55-22-18-29;1-2/h5-10,27-29H,11-24H2,1-4H3,(H,45,51)(H,46,52)(H,53,54);1-2H3. The zero-order chi connectivity index (χ0) is 40.4. The number of nitrogens with zero attached hydrogens (tertiary/aromatic N) is 6. The lowest BCUT2D eigenvalue weighted by atomic mass is 9.85. The number of carboxylic acids is 1. The minimum absolute atomic E-state index is 0.237. The van der Waals surface area contributed by atoms with Crippen molar-refractivity contribution in [2.24, 2.45) is 20.0 Å². The molecule has 1 saturated carbocycles. The van der Waals surface area contributed by atoms with Gasteiger partial charge in [-0.05, 0) is 86.8 Å². The van der Waals surface area contributed by atoms with Crippen LogP contribution in [0.1, 0.15) is 108 Å². The number of amides is 2. The first-order valence-electron chi connectivity index (χ1n) is 20.8. The number of carboxylic acid groups (broad SMARTS) is 1.